The second-order valence-corrected chi connectivity index (χ2v) is 12.2. The molecule has 1 fully saturated rings. The van der Waals surface area contributed by atoms with Gasteiger partial charge in [-0.05, 0) is 43.3 Å². The monoisotopic (exact) mass is 608 g/mol. The molecule has 1 atom stereocenters. The molecule has 0 spiro atoms. The number of aromatic amines is 1. The van der Waals surface area contributed by atoms with E-state index in [1.165, 1.54) is 25.1 Å². The summed E-state index contributed by atoms with van der Waals surface area (Å²) >= 11 is 12.5. The number of hydrogen-bond donors (Lipinski definition) is 2. The average molecular weight is 609 g/mol. The molecule has 39 heavy (non-hydrogen) atoms. The third-order valence-corrected chi connectivity index (χ3v) is 9.11. The van der Waals surface area contributed by atoms with Gasteiger partial charge in [0.1, 0.15) is 5.75 Å². The van der Waals surface area contributed by atoms with Gasteiger partial charge in [-0.1, -0.05) is 30.1 Å². The molecule has 0 bridgehead atoms. The Bertz CT molecular complexity index is 1640. The Morgan fingerprint density at radius 3 is 2.51 bits per heavy atom. The van der Waals surface area contributed by atoms with E-state index in [0.717, 1.165) is 12.5 Å². The van der Waals surface area contributed by atoms with Gasteiger partial charge in [0, 0.05) is 36.3 Å². The van der Waals surface area contributed by atoms with E-state index in [0.29, 0.717) is 17.7 Å². The summed E-state index contributed by atoms with van der Waals surface area (Å²) in [6, 6.07) is 4.99. The van der Waals surface area contributed by atoms with Crippen molar-refractivity contribution in [3.05, 3.63) is 66.3 Å². The number of rotatable bonds is 8. The topological polar surface area (TPSA) is 114 Å². The first-order chi connectivity index (χ1) is 18.2. The zero-order valence-electron chi connectivity index (χ0n) is 20.9. The number of alkyl halides is 3. The second-order valence-electron chi connectivity index (χ2n) is 9.12. The first-order valence-electron chi connectivity index (χ1n) is 11.9. The Balaban J connectivity index is 1.87. The summed E-state index contributed by atoms with van der Waals surface area (Å²) in [7, 11) is -1.97. The summed E-state index contributed by atoms with van der Waals surface area (Å²) in [5, 5.41) is 2.70. The van der Waals surface area contributed by atoms with Crippen LogP contribution in [-0.4, -0.2) is 61.2 Å². The zero-order chi connectivity index (χ0) is 28.7. The molecule has 3 aromatic rings. The van der Waals surface area contributed by atoms with Crippen molar-refractivity contribution in [3.63, 3.8) is 0 Å². The Kier molecular flexibility index (Phi) is 8.39. The highest BCUT2D eigenvalue weighted by Crippen LogP contribution is 2.37. The lowest BCUT2D eigenvalue weighted by molar-refractivity contribution is -0.274. The number of ether oxygens (including phenoxy) is 1. The number of hydrogen-bond acceptors (Lipinski definition) is 7. The molecule has 0 saturated carbocycles. The van der Waals surface area contributed by atoms with E-state index < -0.39 is 39.7 Å². The van der Waals surface area contributed by atoms with Gasteiger partial charge in [0.25, 0.3) is 5.56 Å². The number of likely N-dealkylation sites (N-methyl/N-ethyl adjacent to an activating group) is 1. The SMILES string of the molecule is CCS(=O)(=O)c1ccc(Cl)cc1Cn1c(=O)[nH]c2c(Cl)c(CN3CCC(NC)C3)c(OC(F)(F)F)cc2c1=O. The molecule has 1 aromatic heterocycles. The average Bonchev–Trinajstić information content (AvgIpc) is 3.32. The van der Waals surface area contributed by atoms with Crippen LogP contribution in [0, 0.1) is 0 Å². The number of aromatic nitrogens is 2. The smallest absolute Gasteiger partial charge is 0.405 e. The molecule has 212 valence electrons. The minimum atomic E-state index is -5.07. The molecule has 9 nitrogen and oxygen atoms in total. The normalized spacial score (nSPS) is 16.7. The van der Waals surface area contributed by atoms with E-state index in [1.54, 1.807) is 7.05 Å². The second kappa shape index (κ2) is 11.1. The van der Waals surface area contributed by atoms with Crippen LogP contribution in [0.5, 0.6) is 5.75 Å². The van der Waals surface area contributed by atoms with Crippen LogP contribution >= 0.6 is 23.2 Å². The maximum absolute atomic E-state index is 13.4. The van der Waals surface area contributed by atoms with E-state index in [1.807, 2.05) is 4.90 Å². The first kappa shape index (κ1) is 29.4. The Morgan fingerprint density at radius 1 is 1.18 bits per heavy atom. The molecular formula is C24H25Cl2F3N4O5S. The van der Waals surface area contributed by atoms with Crippen LogP contribution < -0.4 is 21.3 Å². The van der Waals surface area contributed by atoms with E-state index in [2.05, 4.69) is 15.0 Å². The molecule has 0 aliphatic carbocycles. The number of H-pyrrole nitrogens is 1. The van der Waals surface area contributed by atoms with Crippen LogP contribution in [0.1, 0.15) is 24.5 Å². The van der Waals surface area contributed by atoms with Crippen LogP contribution in [0.3, 0.4) is 0 Å². The van der Waals surface area contributed by atoms with Crippen molar-refractivity contribution in [1.29, 1.82) is 0 Å². The third-order valence-electron chi connectivity index (χ3n) is 6.63. The highest BCUT2D eigenvalue weighted by molar-refractivity contribution is 7.91. The van der Waals surface area contributed by atoms with Gasteiger partial charge in [-0.3, -0.25) is 14.3 Å². The number of nitrogens with zero attached hydrogens (tertiary/aromatic N) is 2. The molecule has 0 amide bonds. The minimum absolute atomic E-state index is 0.00969. The van der Waals surface area contributed by atoms with Crippen molar-refractivity contribution in [3.8, 4) is 5.75 Å². The maximum Gasteiger partial charge on any atom is 0.573 e. The van der Waals surface area contributed by atoms with Gasteiger partial charge in [-0.15, -0.1) is 13.2 Å². The summed E-state index contributed by atoms with van der Waals surface area (Å²) in [6.45, 7) is 2.06. The molecule has 15 heteroatoms. The molecule has 1 aliphatic heterocycles. The van der Waals surface area contributed by atoms with Crippen molar-refractivity contribution in [2.24, 2.45) is 0 Å². The lowest BCUT2D eigenvalue weighted by Crippen LogP contribution is -2.36. The summed E-state index contributed by atoms with van der Waals surface area (Å²) in [4.78, 5) is 30.7. The molecule has 1 aliphatic rings. The summed E-state index contributed by atoms with van der Waals surface area (Å²) < 4.78 is 70.1. The standard InChI is InChI=1S/C24H25Cl2F3N4O5S/c1-3-39(36,37)19-5-4-14(25)8-13(19)10-33-22(34)16-9-18(38-24(27,28)29)17(20(26)21(16)31-23(33)35)12-32-7-6-15(11-32)30-2/h4-5,8-9,15,30H,3,6-7,10-12H2,1-2H3,(H,31,35). The van der Waals surface area contributed by atoms with E-state index in [-0.39, 0.29) is 55.3 Å². The number of sulfone groups is 1. The summed E-state index contributed by atoms with van der Waals surface area (Å²) in [5.41, 5.74) is -2.02. The molecular weight excluding hydrogens is 584 g/mol. The van der Waals surface area contributed by atoms with Gasteiger partial charge in [0.2, 0.25) is 0 Å². The van der Waals surface area contributed by atoms with Gasteiger partial charge in [-0.25, -0.2) is 13.2 Å². The Morgan fingerprint density at radius 2 is 1.90 bits per heavy atom. The number of likely N-dealkylation sites (tertiary alicyclic amines) is 1. The van der Waals surface area contributed by atoms with Crippen molar-refractivity contribution >= 4 is 43.9 Å². The van der Waals surface area contributed by atoms with E-state index >= 15 is 0 Å². The number of nitrogens with one attached hydrogen (secondary N) is 2. The predicted molar refractivity (Wildman–Crippen MR) is 142 cm³/mol. The predicted octanol–water partition coefficient (Wildman–Crippen LogP) is 3.53. The lowest BCUT2D eigenvalue weighted by Gasteiger charge is -2.21. The largest absolute Gasteiger partial charge is 0.573 e. The van der Waals surface area contributed by atoms with Crippen LogP contribution in [0.4, 0.5) is 13.2 Å². The molecule has 1 unspecified atom stereocenters. The van der Waals surface area contributed by atoms with Crippen molar-refractivity contribution < 1.29 is 26.3 Å². The first-order valence-corrected chi connectivity index (χ1v) is 14.3. The molecule has 2 aromatic carbocycles. The molecule has 1 saturated heterocycles. The fourth-order valence-corrected chi connectivity index (χ4v) is 6.22. The summed E-state index contributed by atoms with van der Waals surface area (Å²) in [6.07, 6.45) is -4.30. The molecule has 2 heterocycles. The Hall–Kier alpha value is -2.58. The summed E-state index contributed by atoms with van der Waals surface area (Å²) in [5.74, 6) is -0.909. The lowest BCUT2D eigenvalue weighted by atomic mass is 10.1. The van der Waals surface area contributed by atoms with Gasteiger partial charge in [0.05, 0.1) is 33.1 Å². The number of benzene rings is 2. The van der Waals surface area contributed by atoms with E-state index in [9.17, 15) is 31.2 Å². The Labute approximate surface area is 231 Å². The third kappa shape index (κ3) is 6.27. The zero-order valence-corrected chi connectivity index (χ0v) is 23.2. The molecule has 2 N–H and O–H groups in total. The van der Waals surface area contributed by atoms with Gasteiger partial charge >= 0.3 is 12.1 Å². The number of halogens is 5. The quantitative estimate of drug-likeness (QED) is 0.402. The van der Waals surface area contributed by atoms with Crippen LogP contribution in [0.25, 0.3) is 10.9 Å². The van der Waals surface area contributed by atoms with Crippen LogP contribution in [-0.2, 0) is 22.9 Å². The van der Waals surface area contributed by atoms with Crippen molar-refractivity contribution in [1.82, 2.24) is 19.8 Å². The van der Waals surface area contributed by atoms with Crippen molar-refractivity contribution in [2.45, 2.75) is 43.7 Å². The highest BCUT2D eigenvalue weighted by atomic mass is 35.5. The maximum atomic E-state index is 13.4. The molecule has 0 radical (unpaired) electrons. The van der Waals surface area contributed by atoms with Gasteiger partial charge < -0.3 is 15.0 Å². The van der Waals surface area contributed by atoms with Gasteiger partial charge in [0.15, 0.2) is 9.84 Å². The van der Waals surface area contributed by atoms with E-state index in [4.69, 9.17) is 23.2 Å². The molecule has 4 rings (SSSR count). The minimum Gasteiger partial charge on any atom is -0.405 e. The van der Waals surface area contributed by atoms with Crippen LogP contribution in [0.2, 0.25) is 10.0 Å². The fourth-order valence-electron chi connectivity index (χ4n) is 4.61. The van der Waals surface area contributed by atoms with Crippen molar-refractivity contribution in [2.75, 3.05) is 25.9 Å². The number of fused-ring (bicyclic) bond motifs is 1. The fraction of sp³-hybridized carbons (Fsp3) is 0.417. The van der Waals surface area contributed by atoms with Gasteiger partial charge in [-0.2, -0.15) is 0 Å². The van der Waals surface area contributed by atoms with Crippen LogP contribution in [0.15, 0.2) is 38.8 Å². The highest BCUT2D eigenvalue weighted by Gasteiger charge is 2.34.